The summed E-state index contributed by atoms with van der Waals surface area (Å²) < 4.78 is 0. The SMILES string of the molecule is CC(N)(CCO)c1ccc(N)c(O)c1. The minimum Gasteiger partial charge on any atom is -0.506 e. The lowest BCUT2D eigenvalue weighted by Gasteiger charge is -2.24. The van der Waals surface area contributed by atoms with Gasteiger partial charge in [-0.25, -0.2) is 0 Å². The lowest BCUT2D eigenvalue weighted by molar-refractivity contribution is 0.247. The van der Waals surface area contributed by atoms with Crippen molar-refractivity contribution in [3.05, 3.63) is 23.8 Å². The van der Waals surface area contributed by atoms with Crippen molar-refractivity contribution in [1.82, 2.24) is 0 Å². The summed E-state index contributed by atoms with van der Waals surface area (Å²) in [6, 6.07) is 4.89. The van der Waals surface area contributed by atoms with Crippen LogP contribution in [-0.2, 0) is 5.54 Å². The van der Waals surface area contributed by atoms with E-state index >= 15 is 0 Å². The van der Waals surface area contributed by atoms with Crippen LogP contribution in [0.1, 0.15) is 18.9 Å². The van der Waals surface area contributed by atoms with Gasteiger partial charge in [-0.15, -0.1) is 0 Å². The van der Waals surface area contributed by atoms with Crippen LogP contribution in [0.2, 0.25) is 0 Å². The van der Waals surface area contributed by atoms with Gasteiger partial charge >= 0.3 is 0 Å². The van der Waals surface area contributed by atoms with Crippen molar-refractivity contribution in [2.45, 2.75) is 18.9 Å². The van der Waals surface area contributed by atoms with Gasteiger partial charge in [-0.3, -0.25) is 0 Å². The Kier molecular flexibility index (Phi) is 2.98. The first-order valence-corrected chi connectivity index (χ1v) is 4.46. The van der Waals surface area contributed by atoms with Crippen LogP contribution < -0.4 is 11.5 Å². The number of phenolic OH excluding ortho intramolecular Hbond substituents is 1. The van der Waals surface area contributed by atoms with Gasteiger partial charge in [0.1, 0.15) is 5.75 Å². The van der Waals surface area contributed by atoms with Crippen molar-refractivity contribution in [3.8, 4) is 5.75 Å². The number of aliphatic hydroxyl groups excluding tert-OH is 1. The fraction of sp³-hybridized carbons (Fsp3) is 0.400. The molecule has 0 spiro atoms. The summed E-state index contributed by atoms with van der Waals surface area (Å²) in [5.74, 6) is 0.0251. The number of rotatable bonds is 3. The number of aliphatic hydroxyl groups is 1. The maximum atomic E-state index is 9.39. The highest BCUT2D eigenvalue weighted by Gasteiger charge is 2.21. The van der Waals surface area contributed by atoms with Crippen LogP contribution in [0, 0.1) is 0 Å². The summed E-state index contributed by atoms with van der Waals surface area (Å²) >= 11 is 0. The van der Waals surface area contributed by atoms with E-state index in [1.807, 2.05) is 0 Å². The molecular formula is C10H16N2O2. The van der Waals surface area contributed by atoms with Gasteiger partial charge in [-0.1, -0.05) is 6.07 Å². The Morgan fingerprint density at radius 1 is 1.43 bits per heavy atom. The Balaban J connectivity index is 3.01. The molecule has 4 nitrogen and oxygen atoms in total. The van der Waals surface area contributed by atoms with Crippen LogP contribution in [0.4, 0.5) is 5.69 Å². The van der Waals surface area contributed by atoms with Gasteiger partial charge in [0, 0.05) is 12.1 Å². The van der Waals surface area contributed by atoms with Gasteiger partial charge in [-0.2, -0.15) is 0 Å². The molecule has 1 rings (SSSR count). The summed E-state index contributed by atoms with van der Waals surface area (Å²) in [5.41, 5.74) is 11.9. The number of hydrogen-bond donors (Lipinski definition) is 4. The fourth-order valence-corrected chi connectivity index (χ4v) is 1.28. The smallest absolute Gasteiger partial charge is 0.138 e. The number of phenols is 1. The zero-order valence-corrected chi connectivity index (χ0v) is 8.20. The predicted molar refractivity (Wildman–Crippen MR) is 55.8 cm³/mol. The van der Waals surface area contributed by atoms with E-state index in [9.17, 15) is 5.11 Å². The Morgan fingerprint density at radius 3 is 2.57 bits per heavy atom. The molecule has 0 saturated carbocycles. The molecule has 78 valence electrons. The van der Waals surface area contributed by atoms with Gasteiger partial charge in [0.05, 0.1) is 5.69 Å². The third-order valence-corrected chi connectivity index (χ3v) is 2.32. The zero-order valence-electron chi connectivity index (χ0n) is 8.20. The molecule has 0 fully saturated rings. The van der Waals surface area contributed by atoms with Crippen molar-refractivity contribution >= 4 is 5.69 Å². The third kappa shape index (κ3) is 2.16. The molecule has 0 radical (unpaired) electrons. The first-order chi connectivity index (χ1) is 6.47. The van der Waals surface area contributed by atoms with E-state index < -0.39 is 5.54 Å². The van der Waals surface area contributed by atoms with Crippen LogP contribution in [0.25, 0.3) is 0 Å². The minimum absolute atomic E-state index is 0.0120. The summed E-state index contributed by atoms with van der Waals surface area (Å²) in [7, 11) is 0. The number of anilines is 1. The maximum Gasteiger partial charge on any atom is 0.138 e. The second-order valence-electron chi connectivity index (χ2n) is 3.66. The van der Waals surface area contributed by atoms with Gasteiger partial charge in [0.15, 0.2) is 0 Å². The fourth-order valence-electron chi connectivity index (χ4n) is 1.28. The van der Waals surface area contributed by atoms with E-state index in [1.54, 1.807) is 19.1 Å². The molecule has 1 aromatic carbocycles. The summed E-state index contributed by atoms with van der Waals surface area (Å²) in [5, 5.41) is 18.2. The normalized spacial score (nSPS) is 15.1. The Labute approximate surface area is 83.2 Å². The molecular weight excluding hydrogens is 180 g/mol. The molecule has 0 bridgehead atoms. The van der Waals surface area contributed by atoms with E-state index in [4.69, 9.17) is 16.6 Å². The molecule has 6 N–H and O–H groups in total. The van der Waals surface area contributed by atoms with Gasteiger partial charge in [-0.05, 0) is 31.0 Å². The Bertz CT molecular complexity index is 324. The molecule has 0 aliphatic rings. The molecule has 0 aliphatic carbocycles. The van der Waals surface area contributed by atoms with Crippen LogP contribution in [-0.4, -0.2) is 16.8 Å². The first-order valence-electron chi connectivity index (χ1n) is 4.46. The van der Waals surface area contributed by atoms with Crippen LogP contribution in [0.5, 0.6) is 5.75 Å². The highest BCUT2D eigenvalue weighted by molar-refractivity contribution is 5.53. The molecule has 0 aromatic heterocycles. The predicted octanol–water partition coefficient (Wildman–Crippen LogP) is 0.531. The number of nitrogens with two attached hydrogens (primary N) is 2. The molecule has 1 atom stereocenters. The van der Waals surface area contributed by atoms with Gasteiger partial charge in [0.25, 0.3) is 0 Å². The topological polar surface area (TPSA) is 92.5 Å². The van der Waals surface area contributed by atoms with E-state index in [2.05, 4.69) is 0 Å². The van der Waals surface area contributed by atoms with Crippen LogP contribution in [0.15, 0.2) is 18.2 Å². The van der Waals surface area contributed by atoms with E-state index in [1.165, 1.54) is 6.07 Å². The monoisotopic (exact) mass is 196 g/mol. The molecule has 0 saturated heterocycles. The lowest BCUT2D eigenvalue weighted by atomic mass is 9.90. The first kappa shape index (κ1) is 10.8. The zero-order chi connectivity index (χ0) is 10.8. The van der Waals surface area contributed by atoms with Crippen LogP contribution in [0.3, 0.4) is 0 Å². The number of aromatic hydroxyl groups is 1. The summed E-state index contributed by atoms with van der Waals surface area (Å²) in [6.45, 7) is 1.81. The van der Waals surface area contributed by atoms with Gasteiger partial charge < -0.3 is 21.7 Å². The van der Waals surface area contributed by atoms with E-state index in [0.717, 1.165) is 5.56 Å². The third-order valence-electron chi connectivity index (χ3n) is 2.32. The Morgan fingerprint density at radius 2 is 2.07 bits per heavy atom. The molecule has 4 heteroatoms. The largest absolute Gasteiger partial charge is 0.506 e. The molecule has 14 heavy (non-hydrogen) atoms. The second kappa shape index (κ2) is 3.86. The number of nitrogen functional groups attached to an aromatic ring is 1. The summed E-state index contributed by atoms with van der Waals surface area (Å²) in [6.07, 6.45) is 0.441. The van der Waals surface area contributed by atoms with E-state index in [0.29, 0.717) is 12.1 Å². The average molecular weight is 196 g/mol. The molecule has 0 amide bonds. The standard InChI is InChI=1S/C10H16N2O2/c1-10(12,4-5-13)7-2-3-8(11)9(14)6-7/h2-3,6,13-14H,4-5,11-12H2,1H3. The number of benzene rings is 1. The summed E-state index contributed by atoms with van der Waals surface area (Å²) in [4.78, 5) is 0. The van der Waals surface area contributed by atoms with Crippen molar-refractivity contribution in [3.63, 3.8) is 0 Å². The van der Waals surface area contributed by atoms with Crippen molar-refractivity contribution in [2.24, 2.45) is 5.73 Å². The second-order valence-corrected chi connectivity index (χ2v) is 3.66. The van der Waals surface area contributed by atoms with Crippen molar-refractivity contribution in [1.29, 1.82) is 0 Å². The minimum atomic E-state index is -0.639. The number of hydrogen-bond acceptors (Lipinski definition) is 4. The van der Waals surface area contributed by atoms with Crippen molar-refractivity contribution in [2.75, 3.05) is 12.3 Å². The van der Waals surface area contributed by atoms with Gasteiger partial charge in [0.2, 0.25) is 0 Å². The lowest BCUT2D eigenvalue weighted by Crippen LogP contribution is -2.33. The molecule has 0 heterocycles. The molecule has 1 unspecified atom stereocenters. The highest BCUT2D eigenvalue weighted by Crippen LogP contribution is 2.28. The highest BCUT2D eigenvalue weighted by atomic mass is 16.3. The van der Waals surface area contributed by atoms with Crippen LogP contribution >= 0.6 is 0 Å². The quantitative estimate of drug-likeness (QED) is 0.419. The molecule has 1 aromatic rings. The van der Waals surface area contributed by atoms with Crippen molar-refractivity contribution < 1.29 is 10.2 Å². The van der Waals surface area contributed by atoms with E-state index in [-0.39, 0.29) is 12.4 Å². The molecule has 0 aliphatic heterocycles. The average Bonchev–Trinajstić information content (AvgIpc) is 2.09. The maximum absolute atomic E-state index is 9.39. The Hall–Kier alpha value is -1.26.